The first kappa shape index (κ1) is 28.9. The number of hydrogen-bond donors (Lipinski definition) is 1. The van der Waals surface area contributed by atoms with Crippen LogP contribution in [0.5, 0.6) is 0 Å². The van der Waals surface area contributed by atoms with Crippen molar-refractivity contribution >= 4 is 27.5 Å². The smallest absolute Gasteiger partial charge is 0.264 e. The van der Waals surface area contributed by atoms with Crippen LogP contribution in [0.25, 0.3) is 0 Å². The minimum absolute atomic E-state index is 0.0527. The zero-order valence-electron chi connectivity index (χ0n) is 22.7. The van der Waals surface area contributed by atoms with Crippen LogP contribution in [0.4, 0.5) is 5.69 Å². The number of nitrogens with one attached hydrogen (secondary N) is 1. The molecule has 3 aromatic rings. The van der Waals surface area contributed by atoms with Crippen LogP contribution in [0.3, 0.4) is 0 Å². The summed E-state index contributed by atoms with van der Waals surface area (Å²) in [5.41, 5.74) is 3.13. The molecule has 3 rings (SSSR count). The van der Waals surface area contributed by atoms with E-state index in [0.29, 0.717) is 5.69 Å². The van der Waals surface area contributed by atoms with E-state index < -0.39 is 28.5 Å². The van der Waals surface area contributed by atoms with Crippen molar-refractivity contribution in [3.8, 4) is 0 Å². The fourth-order valence-electron chi connectivity index (χ4n) is 4.09. The molecule has 202 valence electrons. The molecule has 0 saturated heterocycles. The molecule has 0 aliphatic heterocycles. The second kappa shape index (κ2) is 12.7. The summed E-state index contributed by atoms with van der Waals surface area (Å²) in [6.07, 6.45) is 0.751. The van der Waals surface area contributed by atoms with Crippen molar-refractivity contribution in [3.05, 3.63) is 95.6 Å². The van der Waals surface area contributed by atoms with Crippen LogP contribution in [0.15, 0.2) is 83.8 Å². The minimum Gasteiger partial charge on any atom is -0.352 e. The lowest BCUT2D eigenvalue weighted by Gasteiger charge is -2.32. The normalized spacial score (nSPS) is 12.9. The van der Waals surface area contributed by atoms with E-state index in [1.54, 1.807) is 43.3 Å². The maximum Gasteiger partial charge on any atom is 0.264 e. The average Bonchev–Trinajstić information content (AvgIpc) is 2.90. The third kappa shape index (κ3) is 7.22. The van der Waals surface area contributed by atoms with Gasteiger partial charge in [0.2, 0.25) is 11.8 Å². The lowest BCUT2D eigenvalue weighted by atomic mass is 10.1. The minimum atomic E-state index is -4.06. The number of carbonyl (C=O) groups excluding carboxylic acids is 2. The van der Waals surface area contributed by atoms with Crippen molar-refractivity contribution in [3.63, 3.8) is 0 Å². The average molecular weight is 536 g/mol. The predicted octanol–water partition coefficient (Wildman–Crippen LogP) is 4.83. The van der Waals surface area contributed by atoms with Crippen molar-refractivity contribution in [2.75, 3.05) is 10.8 Å². The van der Waals surface area contributed by atoms with E-state index >= 15 is 0 Å². The molecule has 1 N–H and O–H groups in total. The molecule has 0 fully saturated rings. The molecule has 2 amide bonds. The monoisotopic (exact) mass is 535 g/mol. The Balaban J connectivity index is 2.02. The van der Waals surface area contributed by atoms with Crippen molar-refractivity contribution < 1.29 is 18.0 Å². The van der Waals surface area contributed by atoms with Crippen LogP contribution in [0.1, 0.15) is 43.9 Å². The summed E-state index contributed by atoms with van der Waals surface area (Å²) in [5.74, 6) is -0.757. The quantitative estimate of drug-likeness (QED) is 0.381. The summed E-state index contributed by atoms with van der Waals surface area (Å²) in [4.78, 5) is 28.6. The SMILES string of the molecule is CCC(C)NC(=O)C(C)N(Cc1cccc(C)c1)C(=O)CN(c1cccc(C)c1)S(=O)(=O)c1ccccc1. The molecule has 0 aromatic heterocycles. The maximum atomic E-state index is 13.9. The highest BCUT2D eigenvalue weighted by molar-refractivity contribution is 7.92. The van der Waals surface area contributed by atoms with Gasteiger partial charge in [-0.1, -0.05) is 67.1 Å². The number of carbonyl (C=O) groups is 2. The summed E-state index contributed by atoms with van der Waals surface area (Å²) in [6.45, 7) is 9.09. The number of amides is 2. The van der Waals surface area contributed by atoms with Crippen LogP contribution in [-0.4, -0.2) is 43.8 Å². The van der Waals surface area contributed by atoms with Gasteiger partial charge in [0.15, 0.2) is 0 Å². The summed E-state index contributed by atoms with van der Waals surface area (Å²) < 4.78 is 28.7. The van der Waals surface area contributed by atoms with Crippen LogP contribution < -0.4 is 9.62 Å². The molecule has 2 unspecified atom stereocenters. The molecule has 0 aliphatic carbocycles. The Labute approximate surface area is 226 Å². The molecule has 0 aliphatic rings. The van der Waals surface area contributed by atoms with Crippen molar-refractivity contribution in [2.24, 2.45) is 0 Å². The van der Waals surface area contributed by atoms with E-state index in [4.69, 9.17) is 0 Å². The number of nitrogens with zero attached hydrogens (tertiary/aromatic N) is 2. The second-order valence-electron chi connectivity index (χ2n) is 9.67. The van der Waals surface area contributed by atoms with Crippen molar-refractivity contribution in [1.82, 2.24) is 10.2 Å². The number of aryl methyl sites for hydroxylation is 2. The Morgan fingerprint density at radius 1 is 0.868 bits per heavy atom. The van der Waals surface area contributed by atoms with Crippen LogP contribution >= 0.6 is 0 Å². The fraction of sp³-hybridized carbons (Fsp3) is 0.333. The van der Waals surface area contributed by atoms with Crippen LogP contribution in [-0.2, 0) is 26.2 Å². The molecule has 2 atom stereocenters. The Morgan fingerprint density at radius 3 is 2.11 bits per heavy atom. The van der Waals surface area contributed by atoms with Gasteiger partial charge in [-0.2, -0.15) is 0 Å². The van der Waals surface area contributed by atoms with Gasteiger partial charge in [0.05, 0.1) is 10.6 Å². The lowest BCUT2D eigenvalue weighted by molar-refractivity contribution is -0.139. The Hall–Kier alpha value is -3.65. The first-order valence-electron chi connectivity index (χ1n) is 12.8. The zero-order chi connectivity index (χ0) is 27.9. The van der Waals surface area contributed by atoms with E-state index in [1.165, 1.54) is 17.0 Å². The lowest BCUT2D eigenvalue weighted by Crippen LogP contribution is -2.52. The number of anilines is 1. The summed E-state index contributed by atoms with van der Waals surface area (Å²) in [6, 6.07) is 21.9. The first-order chi connectivity index (χ1) is 18.0. The first-order valence-corrected chi connectivity index (χ1v) is 14.3. The fourth-order valence-corrected chi connectivity index (χ4v) is 5.51. The molecular formula is C30H37N3O4S. The van der Waals surface area contributed by atoms with Gasteiger partial charge in [-0.15, -0.1) is 0 Å². The van der Waals surface area contributed by atoms with Gasteiger partial charge >= 0.3 is 0 Å². The van der Waals surface area contributed by atoms with Gasteiger partial charge in [0, 0.05) is 12.6 Å². The largest absolute Gasteiger partial charge is 0.352 e. The predicted molar refractivity (Wildman–Crippen MR) is 151 cm³/mol. The standard InChI is InChI=1S/C30H37N3O4S/c1-6-24(4)31-30(35)25(5)32(20-26-14-10-12-22(2)18-26)29(34)21-33(27-15-11-13-23(3)19-27)38(36,37)28-16-8-7-9-17-28/h7-19,24-25H,6,20-21H2,1-5H3,(H,31,35). The van der Waals surface area contributed by atoms with Gasteiger partial charge in [0.1, 0.15) is 12.6 Å². The maximum absolute atomic E-state index is 13.9. The van der Waals surface area contributed by atoms with E-state index in [-0.39, 0.29) is 23.4 Å². The summed E-state index contributed by atoms with van der Waals surface area (Å²) in [5, 5.41) is 2.95. The van der Waals surface area contributed by atoms with Gasteiger partial charge < -0.3 is 10.2 Å². The second-order valence-corrected chi connectivity index (χ2v) is 11.5. The zero-order valence-corrected chi connectivity index (χ0v) is 23.5. The van der Waals surface area contributed by atoms with E-state index in [9.17, 15) is 18.0 Å². The van der Waals surface area contributed by atoms with Crippen LogP contribution in [0.2, 0.25) is 0 Å². The highest BCUT2D eigenvalue weighted by atomic mass is 32.2. The summed E-state index contributed by atoms with van der Waals surface area (Å²) in [7, 11) is -4.06. The van der Waals surface area contributed by atoms with Gasteiger partial charge in [-0.05, 0) is 69.5 Å². The topological polar surface area (TPSA) is 86.8 Å². The molecule has 0 heterocycles. The molecule has 3 aromatic carbocycles. The van der Waals surface area contributed by atoms with E-state index in [0.717, 1.165) is 27.4 Å². The molecule has 0 saturated carbocycles. The third-order valence-corrected chi connectivity index (χ3v) is 8.29. The third-order valence-electron chi connectivity index (χ3n) is 6.50. The highest BCUT2D eigenvalue weighted by Gasteiger charge is 2.32. The van der Waals surface area contributed by atoms with Gasteiger partial charge in [0.25, 0.3) is 10.0 Å². The Bertz CT molecular complexity index is 1360. The molecular weight excluding hydrogens is 498 g/mol. The van der Waals surface area contributed by atoms with Crippen molar-refractivity contribution in [2.45, 2.75) is 64.6 Å². The molecule has 7 nitrogen and oxygen atoms in total. The van der Waals surface area contributed by atoms with Crippen molar-refractivity contribution in [1.29, 1.82) is 0 Å². The van der Waals surface area contributed by atoms with Gasteiger partial charge in [-0.3, -0.25) is 13.9 Å². The van der Waals surface area contributed by atoms with E-state index in [2.05, 4.69) is 5.32 Å². The number of hydrogen-bond acceptors (Lipinski definition) is 4. The molecule has 38 heavy (non-hydrogen) atoms. The van der Waals surface area contributed by atoms with Gasteiger partial charge in [-0.25, -0.2) is 8.42 Å². The highest BCUT2D eigenvalue weighted by Crippen LogP contribution is 2.25. The molecule has 0 bridgehead atoms. The van der Waals surface area contributed by atoms with Crippen LogP contribution in [0, 0.1) is 13.8 Å². The number of benzene rings is 3. The summed E-state index contributed by atoms with van der Waals surface area (Å²) >= 11 is 0. The van der Waals surface area contributed by atoms with E-state index in [1.807, 2.05) is 58.0 Å². The Morgan fingerprint density at radius 2 is 1.50 bits per heavy atom. The Kier molecular flexibility index (Phi) is 9.69. The number of rotatable bonds is 11. The number of sulfonamides is 1. The molecule has 0 spiro atoms. The molecule has 0 radical (unpaired) electrons. The molecule has 8 heteroatoms.